The number of hydrogen-bond acceptors (Lipinski definition) is 3. The third-order valence-corrected chi connectivity index (χ3v) is 3.10. The van der Waals surface area contributed by atoms with Crippen LogP contribution in [0.15, 0.2) is 24.8 Å². The van der Waals surface area contributed by atoms with Crippen molar-refractivity contribution in [1.29, 1.82) is 0 Å². The van der Waals surface area contributed by atoms with Crippen molar-refractivity contribution in [3.05, 3.63) is 24.8 Å². The lowest BCUT2D eigenvalue weighted by Crippen LogP contribution is -2.21. The molecule has 0 amide bonds. The quantitative estimate of drug-likeness (QED) is 0.396. The van der Waals surface area contributed by atoms with Gasteiger partial charge in [0.1, 0.15) is 6.10 Å². The SMILES string of the molecule is C=CC(=O)O.O=C1OC2C3C=CC2C1C3. The van der Waals surface area contributed by atoms with Gasteiger partial charge in [-0.1, -0.05) is 18.7 Å². The third kappa shape index (κ3) is 1.56. The van der Waals surface area contributed by atoms with Gasteiger partial charge in [0.25, 0.3) is 0 Å². The third-order valence-electron chi connectivity index (χ3n) is 3.10. The van der Waals surface area contributed by atoms with Crippen molar-refractivity contribution >= 4 is 11.9 Å². The zero-order valence-corrected chi connectivity index (χ0v) is 8.13. The zero-order chi connectivity index (χ0) is 11.0. The van der Waals surface area contributed by atoms with E-state index in [9.17, 15) is 9.59 Å². The van der Waals surface area contributed by atoms with Gasteiger partial charge in [-0.15, -0.1) is 0 Å². The van der Waals surface area contributed by atoms with E-state index in [-0.39, 0.29) is 18.0 Å². The molecule has 0 aromatic rings. The van der Waals surface area contributed by atoms with Crippen LogP contribution in [0, 0.1) is 17.8 Å². The van der Waals surface area contributed by atoms with Crippen LogP contribution in [0.1, 0.15) is 6.42 Å². The molecule has 1 saturated carbocycles. The molecule has 4 nitrogen and oxygen atoms in total. The standard InChI is InChI=1S/C8H8O2.C3H4O2/c9-8-6-3-4-1-2-5(6)7(4)10-8;1-2-3(4)5/h1-2,4-7H,3H2;2H,1H2,(H,4,5). The van der Waals surface area contributed by atoms with E-state index in [1.54, 1.807) is 0 Å². The van der Waals surface area contributed by atoms with Crippen molar-refractivity contribution in [2.45, 2.75) is 12.5 Å². The second kappa shape index (κ2) is 3.53. The molecule has 4 heteroatoms. The van der Waals surface area contributed by atoms with Gasteiger partial charge in [-0.2, -0.15) is 0 Å². The van der Waals surface area contributed by atoms with E-state index >= 15 is 0 Å². The Labute approximate surface area is 87.2 Å². The van der Waals surface area contributed by atoms with Crippen molar-refractivity contribution in [1.82, 2.24) is 0 Å². The molecule has 1 N–H and O–H groups in total. The summed E-state index contributed by atoms with van der Waals surface area (Å²) in [5.74, 6) is 0.283. The van der Waals surface area contributed by atoms with E-state index in [1.165, 1.54) is 0 Å². The number of rotatable bonds is 1. The molecule has 0 aromatic heterocycles. The Kier molecular flexibility index (Phi) is 2.34. The van der Waals surface area contributed by atoms with Crippen LogP contribution in [0.2, 0.25) is 0 Å². The van der Waals surface area contributed by atoms with E-state index in [0.29, 0.717) is 11.8 Å². The number of aliphatic carboxylic acids is 1. The molecule has 1 heterocycles. The molecule has 4 atom stereocenters. The Balaban J connectivity index is 0.000000149. The van der Waals surface area contributed by atoms with Gasteiger partial charge in [-0.05, 0) is 6.42 Å². The number of carboxylic acid groups (broad SMARTS) is 1. The lowest BCUT2D eigenvalue weighted by molar-refractivity contribution is -0.149. The molecule has 80 valence electrons. The summed E-state index contributed by atoms with van der Waals surface area (Å²) in [5, 5.41) is 7.60. The second-order valence-corrected chi connectivity index (χ2v) is 3.91. The molecule has 3 rings (SSSR count). The van der Waals surface area contributed by atoms with Gasteiger partial charge in [0.05, 0.1) is 5.92 Å². The molecule has 4 unspecified atom stereocenters. The van der Waals surface area contributed by atoms with Crippen LogP contribution in [0.3, 0.4) is 0 Å². The first-order valence-corrected chi connectivity index (χ1v) is 4.87. The van der Waals surface area contributed by atoms with E-state index in [1.807, 2.05) is 0 Å². The number of ether oxygens (including phenoxy) is 1. The molecule has 0 spiro atoms. The molecule has 0 radical (unpaired) electrons. The number of carbonyl (C=O) groups excluding carboxylic acids is 1. The maximum atomic E-state index is 11.0. The van der Waals surface area contributed by atoms with Gasteiger partial charge in [-0.25, -0.2) is 4.79 Å². The largest absolute Gasteiger partial charge is 0.478 e. The van der Waals surface area contributed by atoms with E-state index < -0.39 is 5.97 Å². The first kappa shape index (κ1) is 9.96. The van der Waals surface area contributed by atoms with E-state index in [0.717, 1.165) is 12.5 Å². The Hall–Kier alpha value is -1.58. The number of esters is 1. The van der Waals surface area contributed by atoms with Crippen LogP contribution in [-0.4, -0.2) is 23.1 Å². The zero-order valence-electron chi connectivity index (χ0n) is 8.13. The van der Waals surface area contributed by atoms with Crippen molar-refractivity contribution in [2.24, 2.45) is 17.8 Å². The highest BCUT2D eigenvalue weighted by molar-refractivity contribution is 5.79. The fourth-order valence-corrected chi connectivity index (χ4v) is 2.44. The molecule has 4 bridgehead atoms. The summed E-state index contributed by atoms with van der Waals surface area (Å²) < 4.78 is 5.15. The fourth-order valence-electron chi connectivity index (χ4n) is 2.44. The maximum absolute atomic E-state index is 11.0. The summed E-state index contributed by atoms with van der Waals surface area (Å²) in [5.41, 5.74) is 0. The highest BCUT2D eigenvalue weighted by Gasteiger charge is 2.56. The molecule has 15 heavy (non-hydrogen) atoms. The van der Waals surface area contributed by atoms with Crippen LogP contribution in [0.4, 0.5) is 0 Å². The van der Waals surface area contributed by atoms with Gasteiger partial charge in [-0.3, -0.25) is 4.79 Å². The number of carboxylic acids is 1. The summed E-state index contributed by atoms with van der Waals surface area (Å²) in [6, 6.07) is 0. The van der Waals surface area contributed by atoms with Gasteiger partial charge < -0.3 is 9.84 Å². The Morgan fingerprint density at radius 2 is 2.27 bits per heavy atom. The van der Waals surface area contributed by atoms with Gasteiger partial charge in [0.15, 0.2) is 0 Å². The minimum Gasteiger partial charge on any atom is -0.478 e. The molecule has 0 aromatic carbocycles. The molecular weight excluding hydrogens is 196 g/mol. The second-order valence-electron chi connectivity index (χ2n) is 3.91. The van der Waals surface area contributed by atoms with Gasteiger partial charge >= 0.3 is 11.9 Å². The molecule has 3 aliphatic rings. The topological polar surface area (TPSA) is 63.6 Å². The van der Waals surface area contributed by atoms with Crippen LogP contribution in [0.25, 0.3) is 0 Å². The first-order chi connectivity index (χ1) is 7.13. The number of carbonyl (C=O) groups is 2. The van der Waals surface area contributed by atoms with Crippen LogP contribution >= 0.6 is 0 Å². The van der Waals surface area contributed by atoms with E-state index in [2.05, 4.69) is 18.7 Å². The Morgan fingerprint density at radius 3 is 2.67 bits per heavy atom. The molecule has 2 fully saturated rings. The summed E-state index contributed by atoms with van der Waals surface area (Å²) >= 11 is 0. The van der Waals surface area contributed by atoms with Crippen molar-refractivity contribution in [3.63, 3.8) is 0 Å². The average molecular weight is 208 g/mol. The van der Waals surface area contributed by atoms with Crippen LogP contribution in [0.5, 0.6) is 0 Å². The first-order valence-electron chi connectivity index (χ1n) is 4.87. The lowest BCUT2D eigenvalue weighted by atomic mass is 9.95. The smallest absolute Gasteiger partial charge is 0.327 e. The molecule has 2 aliphatic carbocycles. The average Bonchev–Trinajstić information content (AvgIpc) is 2.85. The Bertz CT molecular complexity index is 344. The summed E-state index contributed by atoms with van der Waals surface area (Å²) in [4.78, 5) is 20.2. The van der Waals surface area contributed by atoms with E-state index in [4.69, 9.17) is 9.84 Å². The molecule has 1 saturated heterocycles. The minimum absolute atomic E-state index is 0.0376. The van der Waals surface area contributed by atoms with Crippen molar-refractivity contribution < 1.29 is 19.4 Å². The maximum Gasteiger partial charge on any atom is 0.327 e. The summed E-state index contributed by atoms with van der Waals surface area (Å²) in [7, 11) is 0. The minimum atomic E-state index is -0.981. The van der Waals surface area contributed by atoms with Crippen LogP contribution in [-0.2, 0) is 14.3 Å². The highest BCUT2D eigenvalue weighted by atomic mass is 16.6. The molecular formula is C11H12O4. The predicted octanol–water partition coefficient (Wildman–Crippen LogP) is 0.991. The summed E-state index contributed by atoms with van der Waals surface area (Å²) in [6.07, 6.45) is 6.45. The molecule has 1 aliphatic heterocycles. The van der Waals surface area contributed by atoms with Crippen molar-refractivity contribution in [3.8, 4) is 0 Å². The predicted molar refractivity (Wildman–Crippen MR) is 51.9 cm³/mol. The van der Waals surface area contributed by atoms with Gasteiger partial charge in [0.2, 0.25) is 0 Å². The normalized spacial score (nSPS) is 38.3. The fraction of sp³-hybridized carbons (Fsp3) is 0.455. The number of hydrogen-bond donors (Lipinski definition) is 1. The van der Waals surface area contributed by atoms with Crippen molar-refractivity contribution in [2.75, 3.05) is 0 Å². The monoisotopic (exact) mass is 208 g/mol. The van der Waals surface area contributed by atoms with Gasteiger partial charge in [0, 0.05) is 17.9 Å². The summed E-state index contributed by atoms with van der Waals surface area (Å²) in [6.45, 7) is 2.96. The highest BCUT2D eigenvalue weighted by Crippen LogP contribution is 2.50. The lowest BCUT2D eigenvalue weighted by Gasteiger charge is -2.16. The van der Waals surface area contributed by atoms with Crippen LogP contribution < -0.4 is 0 Å². The Morgan fingerprint density at radius 1 is 1.60 bits per heavy atom.